The van der Waals surface area contributed by atoms with Crippen LogP contribution in [0.5, 0.6) is 0 Å². The van der Waals surface area contributed by atoms with Gasteiger partial charge in [0.05, 0.1) is 11.4 Å². The van der Waals surface area contributed by atoms with Crippen LogP contribution in [-0.4, -0.2) is 23.2 Å². The lowest BCUT2D eigenvalue weighted by molar-refractivity contribution is -0.133. The highest BCUT2D eigenvalue weighted by atomic mass is 16.2. The number of pyridine rings is 1. The number of carbonyl (C=O) groups is 2. The van der Waals surface area contributed by atoms with Crippen LogP contribution in [0.25, 0.3) is 0 Å². The molecule has 1 amide bonds. The number of aromatic nitrogens is 1. The molecule has 1 aromatic rings. The van der Waals surface area contributed by atoms with Gasteiger partial charge in [-0.1, -0.05) is 0 Å². The summed E-state index contributed by atoms with van der Waals surface area (Å²) in [4.78, 5) is 28.4. The molecule has 0 aromatic carbocycles. The molecule has 0 saturated carbocycles. The average Bonchev–Trinajstić information content (AvgIpc) is 2.49. The largest absolute Gasteiger partial charge is 0.304 e. The van der Waals surface area contributed by atoms with Gasteiger partial charge in [0.15, 0.2) is 0 Å². The fraction of sp³-hybridized carbons (Fsp3) is 0.364. The van der Waals surface area contributed by atoms with Gasteiger partial charge in [0, 0.05) is 18.7 Å². The minimum Gasteiger partial charge on any atom is -0.304 e. The van der Waals surface area contributed by atoms with Crippen molar-refractivity contribution >= 4 is 17.4 Å². The first-order chi connectivity index (χ1) is 7.09. The summed E-state index contributed by atoms with van der Waals surface area (Å²) in [6.45, 7) is 4.22. The Labute approximate surface area is 87.9 Å². The average molecular weight is 204 g/mol. The smallest absolute Gasteiger partial charge is 0.294 e. The van der Waals surface area contributed by atoms with Crippen LogP contribution in [0, 0.1) is 13.8 Å². The Morgan fingerprint density at radius 3 is 2.53 bits per heavy atom. The van der Waals surface area contributed by atoms with E-state index in [0.717, 1.165) is 17.1 Å². The van der Waals surface area contributed by atoms with Gasteiger partial charge in [0.1, 0.15) is 0 Å². The number of hydrogen-bond acceptors (Lipinski definition) is 3. The van der Waals surface area contributed by atoms with Gasteiger partial charge in [0.25, 0.3) is 5.91 Å². The first kappa shape index (κ1) is 9.83. The van der Waals surface area contributed by atoms with Crippen molar-refractivity contribution in [1.82, 2.24) is 4.98 Å². The van der Waals surface area contributed by atoms with E-state index in [1.165, 1.54) is 4.90 Å². The molecule has 4 heteroatoms. The molecule has 78 valence electrons. The molecule has 0 unspecified atom stereocenters. The second-order valence-electron chi connectivity index (χ2n) is 3.69. The normalized spacial score (nSPS) is 16.3. The zero-order valence-electron chi connectivity index (χ0n) is 8.78. The highest BCUT2D eigenvalue weighted by Gasteiger charge is 2.31. The highest BCUT2D eigenvalue weighted by molar-refractivity contribution is 6.43. The fourth-order valence-corrected chi connectivity index (χ4v) is 1.77. The quantitative estimate of drug-likeness (QED) is 0.641. The van der Waals surface area contributed by atoms with Crippen molar-refractivity contribution in [3.8, 4) is 0 Å². The Bertz CT molecular complexity index is 440. The molecular weight excluding hydrogens is 192 g/mol. The van der Waals surface area contributed by atoms with Crippen molar-refractivity contribution in [2.75, 3.05) is 11.4 Å². The number of ketones is 1. The van der Waals surface area contributed by atoms with Crippen LogP contribution >= 0.6 is 0 Å². The maximum absolute atomic E-state index is 11.5. The van der Waals surface area contributed by atoms with E-state index in [4.69, 9.17) is 0 Å². The third-order valence-electron chi connectivity index (χ3n) is 2.53. The van der Waals surface area contributed by atoms with Crippen LogP contribution in [-0.2, 0) is 9.59 Å². The molecule has 0 atom stereocenters. The summed E-state index contributed by atoms with van der Waals surface area (Å²) in [6, 6.07) is 3.69. The van der Waals surface area contributed by atoms with Gasteiger partial charge >= 0.3 is 0 Å². The Kier molecular flexibility index (Phi) is 2.26. The number of amides is 1. The molecule has 1 aromatic heterocycles. The number of carbonyl (C=O) groups excluding carboxylic acids is 2. The van der Waals surface area contributed by atoms with Crippen LogP contribution in [0.3, 0.4) is 0 Å². The molecule has 0 bridgehead atoms. The molecule has 15 heavy (non-hydrogen) atoms. The summed E-state index contributed by atoms with van der Waals surface area (Å²) in [5, 5.41) is 0. The lowest BCUT2D eigenvalue weighted by Gasteiger charge is -2.16. The van der Waals surface area contributed by atoms with Crippen LogP contribution in [0.1, 0.15) is 17.8 Å². The van der Waals surface area contributed by atoms with Crippen LogP contribution in [0.4, 0.5) is 5.69 Å². The summed E-state index contributed by atoms with van der Waals surface area (Å²) in [7, 11) is 0. The first-order valence-corrected chi connectivity index (χ1v) is 4.88. The van der Waals surface area contributed by atoms with Gasteiger partial charge in [-0.2, -0.15) is 0 Å². The lowest BCUT2D eigenvalue weighted by Crippen LogP contribution is -2.27. The minimum atomic E-state index is -0.413. The van der Waals surface area contributed by atoms with Crippen molar-refractivity contribution in [2.45, 2.75) is 20.3 Å². The zero-order chi connectivity index (χ0) is 11.0. The van der Waals surface area contributed by atoms with E-state index >= 15 is 0 Å². The maximum Gasteiger partial charge on any atom is 0.294 e. The number of hydrogen-bond donors (Lipinski definition) is 0. The standard InChI is InChI=1S/C11H12N2O2/c1-7-3-4-9(8(2)12-7)13-6-5-10(14)11(13)15/h3-4H,5-6H2,1-2H3. The molecule has 1 aliphatic rings. The number of nitrogens with zero attached hydrogens (tertiary/aromatic N) is 2. The van der Waals surface area contributed by atoms with Gasteiger partial charge in [0.2, 0.25) is 5.78 Å². The Hall–Kier alpha value is -1.71. The van der Waals surface area contributed by atoms with Gasteiger partial charge in [-0.05, 0) is 26.0 Å². The monoisotopic (exact) mass is 204 g/mol. The van der Waals surface area contributed by atoms with Crippen molar-refractivity contribution in [3.05, 3.63) is 23.5 Å². The molecule has 4 nitrogen and oxygen atoms in total. The number of aryl methyl sites for hydroxylation is 2. The van der Waals surface area contributed by atoms with E-state index in [2.05, 4.69) is 4.98 Å². The molecule has 0 N–H and O–H groups in total. The van der Waals surface area contributed by atoms with E-state index < -0.39 is 5.91 Å². The van der Waals surface area contributed by atoms with Gasteiger partial charge in [-0.3, -0.25) is 14.6 Å². The van der Waals surface area contributed by atoms with E-state index in [1.807, 2.05) is 26.0 Å². The van der Waals surface area contributed by atoms with E-state index in [1.54, 1.807) is 0 Å². The second-order valence-corrected chi connectivity index (χ2v) is 3.69. The molecule has 1 saturated heterocycles. The molecule has 1 fully saturated rings. The fourth-order valence-electron chi connectivity index (χ4n) is 1.77. The van der Waals surface area contributed by atoms with E-state index in [9.17, 15) is 9.59 Å². The summed E-state index contributed by atoms with van der Waals surface area (Å²) in [5.41, 5.74) is 2.45. The van der Waals surface area contributed by atoms with Crippen molar-refractivity contribution in [1.29, 1.82) is 0 Å². The van der Waals surface area contributed by atoms with Gasteiger partial charge < -0.3 is 4.90 Å². The molecular formula is C11H12N2O2. The van der Waals surface area contributed by atoms with Crippen molar-refractivity contribution in [3.63, 3.8) is 0 Å². The van der Waals surface area contributed by atoms with Crippen LogP contribution in [0.15, 0.2) is 12.1 Å². The summed E-state index contributed by atoms with van der Waals surface area (Å²) < 4.78 is 0. The summed E-state index contributed by atoms with van der Waals surface area (Å²) in [5.74, 6) is -0.723. The van der Waals surface area contributed by atoms with Crippen molar-refractivity contribution < 1.29 is 9.59 Å². The molecule has 0 radical (unpaired) electrons. The highest BCUT2D eigenvalue weighted by Crippen LogP contribution is 2.22. The summed E-state index contributed by atoms with van der Waals surface area (Å²) in [6.07, 6.45) is 0.312. The molecule has 0 spiro atoms. The van der Waals surface area contributed by atoms with Gasteiger partial charge in [-0.15, -0.1) is 0 Å². The van der Waals surface area contributed by atoms with Crippen molar-refractivity contribution in [2.24, 2.45) is 0 Å². The summed E-state index contributed by atoms with van der Waals surface area (Å²) >= 11 is 0. The van der Waals surface area contributed by atoms with Crippen LogP contribution < -0.4 is 4.90 Å². The third-order valence-corrected chi connectivity index (χ3v) is 2.53. The topological polar surface area (TPSA) is 50.3 Å². The maximum atomic E-state index is 11.5. The second kappa shape index (κ2) is 3.46. The number of Topliss-reactive ketones (excluding diaryl/α,β-unsaturated/α-hetero) is 1. The predicted octanol–water partition coefficient (Wildman–Crippen LogP) is 1.00. The molecule has 2 heterocycles. The Morgan fingerprint density at radius 1 is 1.27 bits per heavy atom. The predicted molar refractivity (Wildman–Crippen MR) is 55.7 cm³/mol. The Balaban J connectivity index is 2.38. The minimum absolute atomic E-state index is 0.310. The Morgan fingerprint density at radius 2 is 2.00 bits per heavy atom. The van der Waals surface area contributed by atoms with E-state index in [0.29, 0.717) is 13.0 Å². The van der Waals surface area contributed by atoms with E-state index in [-0.39, 0.29) is 5.78 Å². The number of rotatable bonds is 1. The molecule has 2 rings (SSSR count). The zero-order valence-corrected chi connectivity index (χ0v) is 8.78. The lowest BCUT2D eigenvalue weighted by atomic mass is 10.2. The van der Waals surface area contributed by atoms with Crippen LogP contribution in [0.2, 0.25) is 0 Å². The number of anilines is 1. The first-order valence-electron chi connectivity index (χ1n) is 4.88. The SMILES string of the molecule is Cc1ccc(N2CCC(=O)C2=O)c(C)n1. The molecule has 0 aliphatic carbocycles. The molecule has 1 aliphatic heterocycles. The third kappa shape index (κ3) is 1.63. The van der Waals surface area contributed by atoms with Gasteiger partial charge in [-0.25, -0.2) is 0 Å².